The van der Waals surface area contributed by atoms with Crippen LogP contribution >= 0.6 is 11.8 Å². The topological polar surface area (TPSA) is 29.3 Å². The second kappa shape index (κ2) is 5.74. The van der Waals surface area contributed by atoms with Gasteiger partial charge in [0.1, 0.15) is 0 Å². The first kappa shape index (κ1) is 12.7. The van der Waals surface area contributed by atoms with E-state index in [4.69, 9.17) is 5.73 Å². The summed E-state index contributed by atoms with van der Waals surface area (Å²) in [5.41, 5.74) is 6.26. The molecule has 0 bridgehead atoms. The molecule has 1 heterocycles. The molecule has 0 amide bonds. The van der Waals surface area contributed by atoms with E-state index < -0.39 is 0 Å². The van der Waals surface area contributed by atoms with Crippen LogP contribution in [0.1, 0.15) is 32.6 Å². The predicted molar refractivity (Wildman–Crippen MR) is 72.8 cm³/mol. The quantitative estimate of drug-likeness (QED) is 0.822. The average molecular weight is 242 g/mol. The third-order valence-electron chi connectivity index (χ3n) is 4.35. The normalized spacial score (nSPS) is 40.5. The summed E-state index contributed by atoms with van der Waals surface area (Å²) in [6.45, 7) is 3.60. The van der Waals surface area contributed by atoms with Gasteiger partial charge in [-0.1, -0.05) is 6.92 Å². The summed E-state index contributed by atoms with van der Waals surface area (Å²) < 4.78 is 0. The molecule has 3 heteroatoms. The van der Waals surface area contributed by atoms with Crippen LogP contribution in [-0.2, 0) is 0 Å². The van der Waals surface area contributed by atoms with Gasteiger partial charge in [-0.3, -0.25) is 0 Å². The third kappa shape index (κ3) is 3.14. The Kier molecular flexibility index (Phi) is 4.57. The van der Waals surface area contributed by atoms with Gasteiger partial charge >= 0.3 is 0 Å². The third-order valence-corrected chi connectivity index (χ3v) is 5.50. The van der Waals surface area contributed by atoms with Gasteiger partial charge in [0, 0.05) is 24.4 Å². The molecule has 2 rings (SSSR count). The van der Waals surface area contributed by atoms with E-state index in [1.807, 2.05) is 0 Å². The highest BCUT2D eigenvalue weighted by molar-refractivity contribution is 7.99. The van der Waals surface area contributed by atoms with Gasteiger partial charge in [-0.15, -0.1) is 0 Å². The standard InChI is InChI=1S/C13H26N2S/c1-10-3-4-13(14)11(7-10)8-15(2)12-5-6-16-9-12/h10-13H,3-9,14H2,1-2H3. The van der Waals surface area contributed by atoms with E-state index in [-0.39, 0.29) is 0 Å². The van der Waals surface area contributed by atoms with Crippen LogP contribution in [0.4, 0.5) is 0 Å². The summed E-state index contributed by atoms with van der Waals surface area (Å²) in [6.07, 6.45) is 5.28. The van der Waals surface area contributed by atoms with Crippen molar-refractivity contribution >= 4 is 11.8 Å². The fourth-order valence-electron chi connectivity index (χ4n) is 3.12. The highest BCUT2D eigenvalue weighted by Crippen LogP contribution is 2.30. The number of nitrogens with zero attached hydrogens (tertiary/aromatic N) is 1. The lowest BCUT2D eigenvalue weighted by molar-refractivity contribution is 0.157. The second-order valence-electron chi connectivity index (χ2n) is 5.80. The predicted octanol–water partition coefficient (Wildman–Crippen LogP) is 2.19. The number of thioether (sulfide) groups is 1. The first-order valence-electron chi connectivity index (χ1n) is 6.70. The van der Waals surface area contributed by atoms with Gasteiger partial charge in [0.05, 0.1) is 0 Å². The molecule has 1 aliphatic carbocycles. The molecule has 1 aliphatic heterocycles. The van der Waals surface area contributed by atoms with Gasteiger partial charge in [0.25, 0.3) is 0 Å². The second-order valence-corrected chi connectivity index (χ2v) is 6.95. The van der Waals surface area contributed by atoms with Crippen LogP contribution in [0, 0.1) is 11.8 Å². The fraction of sp³-hybridized carbons (Fsp3) is 1.00. The Hall–Kier alpha value is 0.270. The Balaban J connectivity index is 1.82. The zero-order valence-electron chi connectivity index (χ0n) is 10.7. The van der Waals surface area contributed by atoms with E-state index in [2.05, 4.69) is 30.6 Å². The molecule has 0 spiro atoms. The van der Waals surface area contributed by atoms with Crippen molar-refractivity contribution in [2.45, 2.75) is 44.7 Å². The van der Waals surface area contributed by atoms with Gasteiger partial charge in [0.2, 0.25) is 0 Å². The summed E-state index contributed by atoms with van der Waals surface area (Å²) in [7, 11) is 2.29. The van der Waals surface area contributed by atoms with Gasteiger partial charge in [0.15, 0.2) is 0 Å². The van der Waals surface area contributed by atoms with E-state index in [0.717, 1.165) is 17.9 Å². The smallest absolute Gasteiger partial charge is 0.0191 e. The Morgan fingerprint density at radius 2 is 2.12 bits per heavy atom. The maximum Gasteiger partial charge on any atom is 0.0191 e. The number of hydrogen-bond acceptors (Lipinski definition) is 3. The van der Waals surface area contributed by atoms with Crippen LogP contribution in [0.3, 0.4) is 0 Å². The molecule has 16 heavy (non-hydrogen) atoms. The molecule has 2 fully saturated rings. The first-order chi connectivity index (χ1) is 7.66. The van der Waals surface area contributed by atoms with Gasteiger partial charge in [-0.2, -0.15) is 11.8 Å². The van der Waals surface area contributed by atoms with E-state index in [9.17, 15) is 0 Å². The Labute approximate surface area is 104 Å². The molecule has 0 aromatic rings. The monoisotopic (exact) mass is 242 g/mol. The summed E-state index contributed by atoms with van der Waals surface area (Å²) in [5, 5.41) is 0. The van der Waals surface area contributed by atoms with Gasteiger partial charge in [-0.05, 0) is 50.3 Å². The van der Waals surface area contributed by atoms with Crippen molar-refractivity contribution < 1.29 is 0 Å². The lowest BCUT2D eigenvalue weighted by atomic mass is 9.79. The largest absolute Gasteiger partial charge is 0.327 e. The van der Waals surface area contributed by atoms with Crippen LogP contribution in [-0.4, -0.2) is 42.1 Å². The van der Waals surface area contributed by atoms with Gasteiger partial charge in [-0.25, -0.2) is 0 Å². The minimum atomic E-state index is 0.452. The summed E-state index contributed by atoms with van der Waals surface area (Å²) >= 11 is 2.10. The van der Waals surface area contributed by atoms with Crippen molar-refractivity contribution in [3.63, 3.8) is 0 Å². The summed E-state index contributed by atoms with van der Waals surface area (Å²) in [4.78, 5) is 2.57. The minimum Gasteiger partial charge on any atom is -0.327 e. The van der Waals surface area contributed by atoms with Crippen molar-refractivity contribution in [2.75, 3.05) is 25.1 Å². The molecule has 1 saturated heterocycles. The lowest BCUT2D eigenvalue weighted by Gasteiger charge is -2.36. The zero-order chi connectivity index (χ0) is 11.5. The van der Waals surface area contributed by atoms with Crippen molar-refractivity contribution in [3.8, 4) is 0 Å². The molecule has 94 valence electrons. The molecule has 0 aromatic carbocycles. The number of nitrogens with two attached hydrogens (primary N) is 1. The Morgan fingerprint density at radius 3 is 2.81 bits per heavy atom. The molecule has 4 atom stereocenters. The Morgan fingerprint density at radius 1 is 1.31 bits per heavy atom. The molecule has 2 nitrogen and oxygen atoms in total. The summed E-state index contributed by atoms with van der Waals surface area (Å²) in [5.74, 6) is 4.30. The molecule has 0 radical (unpaired) electrons. The number of hydrogen-bond donors (Lipinski definition) is 1. The van der Waals surface area contributed by atoms with E-state index >= 15 is 0 Å². The number of rotatable bonds is 3. The fourth-order valence-corrected chi connectivity index (χ4v) is 4.42. The molecule has 2 N–H and O–H groups in total. The van der Waals surface area contributed by atoms with E-state index in [1.54, 1.807) is 0 Å². The summed E-state index contributed by atoms with van der Waals surface area (Å²) in [6, 6.07) is 1.27. The molecular formula is C13H26N2S. The average Bonchev–Trinajstić information content (AvgIpc) is 2.76. The maximum atomic E-state index is 6.26. The lowest BCUT2D eigenvalue weighted by Crippen LogP contribution is -2.44. The minimum absolute atomic E-state index is 0.452. The van der Waals surface area contributed by atoms with Crippen LogP contribution in [0.25, 0.3) is 0 Å². The molecule has 1 saturated carbocycles. The zero-order valence-corrected chi connectivity index (χ0v) is 11.5. The SMILES string of the molecule is CC1CCC(N)C(CN(C)C2CCSC2)C1. The van der Waals surface area contributed by atoms with Crippen molar-refractivity contribution in [1.29, 1.82) is 0 Å². The van der Waals surface area contributed by atoms with Crippen LogP contribution < -0.4 is 5.73 Å². The van der Waals surface area contributed by atoms with Crippen LogP contribution in [0.5, 0.6) is 0 Å². The maximum absolute atomic E-state index is 6.26. The van der Waals surface area contributed by atoms with E-state index in [1.165, 1.54) is 43.7 Å². The van der Waals surface area contributed by atoms with Gasteiger partial charge < -0.3 is 10.6 Å². The molecule has 2 aliphatic rings. The first-order valence-corrected chi connectivity index (χ1v) is 7.86. The van der Waals surface area contributed by atoms with E-state index in [0.29, 0.717) is 6.04 Å². The van der Waals surface area contributed by atoms with Crippen molar-refractivity contribution in [2.24, 2.45) is 17.6 Å². The van der Waals surface area contributed by atoms with Crippen molar-refractivity contribution in [1.82, 2.24) is 4.90 Å². The Bertz CT molecular complexity index is 216. The van der Waals surface area contributed by atoms with Crippen molar-refractivity contribution in [3.05, 3.63) is 0 Å². The molecule has 0 aromatic heterocycles. The van der Waals surface area contributed by atoms with Crippen LogP contribution in [0.15, 0.2) is 0 Å². The highest BCUT2D eigenvalue weighted by Gasteiger charge is 2.29. The van der Waals surface area contributed by atoms with Crippen LogP contribution in [0.2, 0.25) is 0 Å². The highest BCUT2D eigenvalue weighted by atomic mass is 32.2. The molecule has 4 unspecified atom stereocenters. The molecular weight excluding hydrogens is 216 g/mol.